The Morgan fingerprint density at radius 1 is 1.28 bits per heavy atom. The smallest absolute Gasteiger partial charge is 0.251 e. The van der Waals surface area contributed by atoms with Gasteiger partial charge in [0.25, 0.3) is 5.91 Å². The Morgan fingerprint density at radius 2 is 2.04 bits per heavy atom. The maximum absolute atomic E-state index is 12.0. The summed E-state index contributed by atoms with van der Waals surface area (Å²) in [7, 11) is 0. The van der Waals surface area contributed by atoms with Gasteiger partial charge in [0.1, 0.15) is 5.75 Å². The van der Waals surface area contributed by atoms with Gasteiger partial charge in [0.05, 0.1) is 6.54 Å². The van der Waals surface area contributed by atoms with Crippen molar-refractivity contribution in [3.05, 3.63) is 29.8 Å². The van der Waals surface area contributed by atoms with Crippen LogP contribution in [0.2, 0.25) is 0 Å². The Hall–Kier alpha value is -1.89. The van der Waals surface area contributed by atoms with Gasteiger partial charge < -0.3 is 21.1 Å². The minimum absolute atomic E-state index is 0.151. The number of rotatable bonds is 7. The molecule has 1 amide bonds. The fourth-order valence-corrected chi connectivity index (χ4v) is 3.65. The maximum Gasteiger partial charge on any atom is 0.251 e. The van der Waals surface area contributed by atoms with Gasteiger partial charge in [0.15, 0.2) is 5.96 Å². The zero-order valence-corrected chi connectivity index (χ0v) is 15.7. The van der Waals surface area contributed by atoms with Crippen LogP contribution < -0.4 is 16.0 Å². The molecule has 25 heavy (non-hydrogen) atoms. The summed E-state index contributed by atoms with van der Waals surface area (Å²) in [4.78, 5) is 16.5. The minimum atomic E-state index is -0.160. The maximum atomic E-state index is 12.0. The summed E-state index contributed by atoms with van der Waals surface area (Å²) in [5.74, 6) is 0.804. The van der Waals surface area contributed by atoms with Crippen LogP contribution in [-0.2, 0) is 0 Å². The number of phenols is 1. The number of amides is 1. The number of hydrogen-bond donors (Lipinski definition) is 4. The molecule has 0 spiro atoms. The molecule has 1 aliphatic rings. The van der Waals surface area contributed by atoms with E-state index in [-0.39, 0.29) is 11.7 Å². The van der Waals surface area contributed by atoms with E-state index in [0.717, 1.165) is 17.8 Å². The van der Waals surface area contributed by atoms with Crippen LogP contribution in [0.5, 0.6) is 5.75 Å². The molecular weight excluding hydrogens is 336 g/mol. The van der Waals surface area contributed by atoms with Gasteiger partial charge in [-0.2, -0.15) is 11.8 Å². The molecule has 0 heterocycles. The van der Waals surface area contributed by atoms with E-state index in [4.69, 9.17) is 0 Å². The van der Waals surface area contributed by atoms with Gasteiger partial charge >= 0.3 is 0 Å². The zero-order valence-electron chi connectivity index (χ0n) is 14.9. The average Bonchev–Trinajstić information content (AvgIpc) is 3.07. The van der Waals surface area contributed by atoms with E-state index in [1.165, 1.54) is 31.4 Å². The summed E-state index contributed by atoms with van der Waals surface area (Å²) >= 11 is 1.94. The van der Waals surface area contributed by atoms with Gasteiger partial charge in [0.2, 0.25) is 0 Å². The molecule has 0 aliphatic heterocycles. The molecule has 2 unspecified atom stereocenters. The van der Waals surface area contributed by atoms with Crippen molar-refractivity contribution in [3.8, 4) is 5.75 Å². The molecule has 7 heteroatoms. The van der Waals surface area contributed by atoms with Crippen LogP contribution in [0.15, 0.2) is 29.3 Å². The van der Waals surface area contributed by atoms with E-state index in [1.807, 2.05) is 18.7 Å². The Kier molecular flexibility index (Phi) is 7.91. The van der Waals surface area contributed by atoms with Crippen molar-refractivity contribution in [2.75, 3.05) is 25.9 Å². The summed E-state index contributed by atoms with van der Waals surface area (Å²) in [6.45, 7) is 3.83. The van der Waals surface area contributed by atoms with Crippen LogP contribution in [-0.4, -0.2) is 54.2 Å². The molecular formula is C18H28N4O2S. The number of guanidine groups is 1. The molecule has 1 aromatic carbocycles. The zero-order chi connectivity index (χ0) is 18.1. The fourth-order valence-electron chi connectivity index (χ4n) is 2.85. The van der Waals surface area contributed by atoms with Gasteiger partial charge in [-0.05, 0) is 56.7 Å². The Balaban J connectivity index is 1.76. The molecule has 2 rings (SSSR count). The molecule has 1 fully saturated rings. The molecule has 2 atom stereocenters. The first-order valence-electron chi connectivity index (χ1n) is 8.77. The van der Waals surface area contributed by atoms with Gasteiger partial charge in [-0.3, -0.25) is 9.79 Å². The second-order valence-electron chi connectivity index (χ2n) is 6.08. The van der Waals surface area contributed by atoms with Gasteiger partial charge in [0, 0.05) is 29.9 Å². The number of aromatic hydroxyl groups is 1. The van der Waals surface area contributed by atoms with Crippen LogP contribution in [0.3, 0.4) is 0 Å². The Bertz CT molecular complexity index is 577. The topological polar surface area (TPSA) is 85.8 Å². The normalized spacial score (nSPS) is 20.3. The number of nitrogens with one attached hydrogen (secondary N) is 3. The molecule has 0 aromatic heterocycles. The summed E-state index contributed by atoms with van der Waals surface area (Å²) < 4.78 is 0. The van der Waals surface area contributed by atoms with Crippen molar-refractivity contribution in [3.63, 3.8) is 0 Å². The molecule has 1 saturated carbocycles. The van der Waals surface area contributed by atoms with Gasteiger partial charge in [-0.1, -0.05) is 0 Å². The van der Waals surface area contributed by atoms with Crippen LogP contribution in [0, 0.1) is 0 Å². The summed E-state index contributed by atoms with van der Waals surface area (Å²) in [6.07, 6.45) is 5.76. The predicted molar refractivity (Wildman–Crippen MR) is 104 cm³/mol. The highest BCUT2D eigenvalue weighted by Gasteiger charge is 2.24. The number of nitrogens with zero attached hydrogens (tertiary/aromatic N) is 1. The van der Waals surface area contributed by atoms with Crippen LogP contribution in [0.4, 0.5) is 0 Å². The number of benzene rings is 1. The van der Waals surface area contributed by atoms with Crippen molar-refractivity contribution in [2.24, 2.45) is 4.99 Å². The molecule has 138 valence electrons. The number of carbonyl (C=O) groups excluding carboxylic acids is 1. The SMILES string of the molecule is CCNC(=NCCNC(=O)c1ccc(O)cc1)NC1CCC(SC)C1. The molecule has 0 radical (unpaired) electrons. The van der Waals surface area contributed by atoms with Crippen LogP contribution >= 0.6 is 11.8 Å². The van der Waals surface area contributed by atoms with Crippen LogP contribution in [0.25, 0.3) is 0 Å². The summed E-state index contributed by atoms with van der Waals surface area (Å²) in [5, 5.41) is 19.6. The monoisotopic (exact) mass is 364 g/mol. The Labute approximate surface area is 153 Å². The molecule has 0 bridgehead atoms. The number of carbonyl (C=O) groups is 1. The molecule has 0 saturated heterocycles. The number of phenolic OH excluding ortho intramolecular Hbond substituents is 1. The number of aliphatic imine (C=N–C) groups is 1. The third-order valence-electron chi connectivity index (χ3n) is 4.20. The molecule has 6 nitrogen and oxygen atoms in total. The van der Waals surface area contributed by atoms with E-state index in [2.05, 4.69) is 27.2 Å². The van der Waals surface area contributed by atoms with Crippen molar-refractivity contribution in [2.45, 2.75) is 37.5 Å². The van der Waals surface area contributed by atoms with Crippen molar-refractivity contribution < 1.29 is 9.90 Å². The largest absolute Gasteiger partial charge is 0.508 e. The summed E-state index contributed by atoms with van der Waals surface area (Å²) in [5.41, 5.74) is 0.529. The average molecular weight is 365 g/mol. The molecule has 1 aromatic rings. The fraction of sp³-hybridized carbons (Fsp3) is 0.556. The van der Waals surface area contributed by atoms with E-state index < -0.39 is 0 Å². The van der Waals surface area contributed by atoms with Crippen molar-refractivity contribution in [1.82, 2.24) is 16.0 Å². The number of hydrogen-bond acceptors (Lipinski definition) is 4. The lowest BCUT2D eigenvalue weighted by molar-refractivity contribution is 0.0955. The minimum Gasteiger partial charge on any atom is -0.508 e. The first-order chi connectivity index (χ1) is 12.1. The standard InChI is InChI=1S/C18H28N4O2S/c1-3-19-18(22-14-6-9-16(12-14)25-2)21-11-10-20-17(24)13-4-7-15(23)8-5-13/h4-5,7-8,14,16,23H,3,6,9-12H2,1-2H3,(H,20,24)(H2,19,21,22). The van der Waals surface area contributed by atoms with E-state index >= 15 is 0 Å². The summed E-state index contributed by atoms with van der Waals surface area (Å²) in [6, 6.07) is 6.68. The molecule has 1 aliphatic carbocycles. The van der Waals surface area contributed by atoms with Crippen molar-refractivity contribution >= 4 is 23.6 Å². The van der Waals surface area contributed by atoms with Crippen LogP contribution in [0.1, 0.15) is 36.5 Å². The highest BCUT2D eigenvalue weighted by atomic mass is 32.2. The van der Waals surface area contributed by atoms with Gasteiger partial charge in [-0.15, -0.1) is 0 Å². The first kappa shape index (κ1) is 19.4. The lowest BCUT2D eigenvalue weighted by Crippen LogP contribution is -2.43. The second-order valence-corrected chi connectivity index (χ2v) is 7.21. The van der Waals surface area contributed by atoms with Crippen molar-refractivity contribution in [1.29, 1.82) is 0 Å². The van der Waals surface area contributed by atoms with E-state index in [1.54, 1.807) is 12.1 Å². The predicted octanol–water partition coefficient (Wildman–Crippen LogP) is 1.96. The Morgan fingerprint density at radius 3 is 2.68 bits per heavy atom. The van der Waals surface area contributed by atoms with Gasteiger partial charge in [-0.25, -0.2) is 0 Å². The highest BCUT2D eigenvalue weighted by Crippen LogP contribution is 2.27. The first-order valence-corrected chi connectivity index (χ1v) is 10.1. The second kappa shape index (κ2) is 10.2. The van der Waals surface area contributed by atoms with E-state index in [0.29, 0.717) is 24.7 Å². The lowest BCUT2D eigenvalue weighted by Gasteiger charge is -2.17. The quantitative estimate of drug-likeness (QED) is 0.338. The van der Waals surface area contributed by atoms with E-state index in [9.17, 15) is 9.90 Å². The highest BCUT2D eigenvalue weighted by molar-refractivity contribution is 7.99. The third-order valence-corrected chi connectivity index (χ3v) is 5.29. The molecule has 4 N–H and O–H groups in total. The number of thioether (sulfide) groups is 1. The lowest BCUT2D eigenvalue weighted by atomic mass is 10.2. The third kappa shape index (κ3) is 6.49.